The molecule has 2 rings (SSSR count). The molecule has 1 N–H and O–H groups in total. The number of fused-ring (bicyclic) bond motifs is 1. The minimum Gasteiger partial charge on any atom is -0.375 e. The SMILES string of the molecule is CCOCc1noc2c1CNCC2. The molecule has 0 saturated carbocycles. The van der Waals surface area contributed by atoms with E-state index in [1.54, 1.807) is 0 Å². The van der Waals surface area contributed by atoms with E-state index < -0.39 is 0 Å². The van der Waals surface area contributed by atoms with Crippen LogP contribution in [0, 0.1) is 0 Å². The molecule has 0 unspecified atom stereocenters. The van der Waals surface area contributed by atoms with Gasteiger partial charge in [0.05, 0.1) is 6.61 Å². The number of hydrogen-bond donors (Lipinski definition) is 1. The smallest absolute Gasteiger partial charge is 0.142 e. The summed E-state index contributed by atoms with van der Waals surface area (Å²) in [6, 6.07) is 0. The summed E-state index contributed by atoms with van der Waals surface area (Å²) in [6.45, 7) is 5.11. The second-order valence-corrected chi connectivity index (χ2v) is 3.09. The summed E-state index contributed by atoms with van der Waals surface area (Å²) in [7, 11) is 0. The number of aromatic nitrogens is 1. The van der Waals surface area contributed by atoms with Crippen LogP contribution < -0.4 is 5.32 Å². The number of nitrogens with one attached hydrogen (secondary N) is 1. The predicted molar refractivity (Wildman–Crippen MR) is 47.2 cm³/mol. The van der Waals surface area contributed by atoms with Gasteiger partial charge in [-0.15, -0.1) is 0 Å². The normalized spacial score (nSPS) is 15.8. The molecule has 0 fully saturated rings. The van der Waals surface area contributed by atoms with Gasteiger partial charge in [0.1, 0.15) is 11.5 Å². The Morgan fingerprint density at radius 2 is 2.54 bits per heavy atom. The van der Waals surface area contributed by atoms with Crippen molar-refractivity contribution in [3.05, 3.63) is 17.0 Å². The molecule has 4 nitrogen and oxygen atoms in total. The maximum atomic E-state index is 5.29. The highest BCUT2D eigenvalue weighted by atomic mass is 16.5. The van der Waals surface area contributed by atoms with Gasteiger partial charge in [0.2, 0.25) is 0 Å². The standard InChI is InChI=1S/C9H14N2O2/c1-2-12-6-8-7-5-10-4-3-9(7)13-11-8/h10H,2-6H2,1H3. The van der Waals surface area contributed by atoms with Crippen molar-refractivity contribution in [3.8, 4) is 0 Å². The van der Waals surface area contributed by atoms with Gasteiger partial charge in [0, 0.05) is 31.7 Å². The lowest BCUT2D eigenvalue weighted by molar-refractivity contribution is 0.128. The third-order valence-electron chi connectivity index (χ3n) is 2.22. The van der Waals surface area contributed by atoms with Crippen LogP contribution in [0.25, 0.3) is 0 Å². The molecule has 0 spiro atoms. The first-order chi connectivity index (χ1) is 6.42. The largest absolute Gasteiger partial charge is 0.375 e. The zero-order valence-electron chi connectivity index (χ0n) is 7.80. The van der Waals surface area contributed by atoms with Gasteiger partial charge in [-0.1, -0.05) is 5.16 Å². The first-order valence-electron chi connectivity index (χ1n) is 4.66. The fourth-order valence-electron chi connectivity index (χ4n) is 1.51. The van der Waals surface area contributed by atoms with Crippen LogP contribution in [0.1, 0.15) is 23.9 Å². The Labute approximate surface area is 77.2 Å². The van der Waals surface area contributed by atoms with Gasteiger partial charge in [-0.25, -0.2) is 0 Å². The van der Waals surface area contributed by atoms with Crippen molar-refractivity contribution in [3.63, 3.8) is 0 Å². The molecule has 4 heteroatoms. The van der Waals surface area contributed by atoms with Gasteiger partial charge in [-0.2, -0.15) is 0 Å². The van der Waals surface area contributed by atoms with Crippen molar-refractivity contribution in [2.24, 2.45) is 0 Å². The zero-order valence-corrected chi connectivity index (χ0v) is 7.80. The summed E-state index contributed by atoms with van der Waals surface area (Å²) in [5, 5.41) is 7.28. The molecule has 1 aromatic rings. The molecule has 0 atom stereocenters. The van der Waals surface area contributed by atoms with Crippen molar-refractivity contribution >= 4 is 0 Å². The van der Waals surface area contributed by atoms with Gasteiger partial charge in [-0.05, 0) is 6.92 Å². The van der Waals surface area contributed by atoms with E-state index in [2.05, 4.69) is 10.5 Å². The van der Waals surface area contributed by atoms with Gasteiger partial charge in [0.25, 0.3) is 0 Å². The Morgan fingerprint density at radius 3 is 3.38 bits per heavy atom. The maximum absolute atomic E-state index is 5.29. The Balaban J connectivity index is 2.12. The van der Waals surface area contributed by atoms with E-state index in [1.165, 1.54) is 5.56 Å². The van der Waals surface area contributed by atoms with E-state index in [0.717, 1.165) is 37.6 Å². The molecule has 1 aliphatic heterocycles. The molecule has 0 radical (unpaired) electrons. The Morgan fingerprint density at radius 1 is 1.62 bits per heavy atom. The lowest BCUT2D eigenvalue weighted by atomic mass is 10.1. The van der Waals surface area contributed by atoms with Gasteiger partial charge in [0.15, 0.2) is 0 Å². The Hall–Kier alpha value is -0.870. The molecule has 0 bridgehead atoms. The predicted octanol–water partition coefficient (Wildman–Crippen LogP) is 0.857. The van der Waals surface area contributed by atoms with Crippen molar-refractivity contribution in [2.45, 2.75) is 26.5 Å². The average molecular weight is 182 g/mol. The summed E-state index contributed by atoms with van der Waals surface area (Å²) < 4.78 is 10.5. The highest BCUT2D eigenvalue weighted by molar-refractivity contribution is 5.24. The third-order valence-corrected chi connectivity index (χ3v) is 2.22. The second kappa shape index (κ2) is 3.89. The van der Waals surface area contributed by atoms with E-state index in [0.29, 0.717) is 6.61 Å². The Bertz CT molecular complexity index is 283. The van der Waals surface area contributed by atoms with E-state index in [1.807, 2.05) is 6.92 Å². The monoisotopic (exact) mass is 182 g/mol. The topological polar surface area (TPSA) is 47.3 Å². The summed E-state index contributed by atoms with van der Waals surface area (Å²) in [6.07, 6.45) is 0.939. The van der Waals surface area contributed by atoms with Crippen LogP contribution in [0.5, 0.6) is 0 Å². The molecule has 0 amide bonds. The fourth-order valence-corrected chi connectivity index (χ4v) is 1.51. The van der Waals surface area contributed by atoms with E-state index >= 15 is 0 Å². The molecular formula is C9H14N2O2. The first-order valence-corrected chi connectivity index (χ1v) is 4.66. The zero-order chi connectivity index (χ0) is 9.10. The van der Waals surface area contributed by atoms with Crippen LogP contribution in [-0.2, 0) is 24.3 Å². The average Bonchev–Trinajstić information content (AvgIpc) is 2.58. The quantitative estimate of drug-likeness (QED) is 0.753. The summed E-state index contributed by atoms with van der Waals surface area (Å²) >= 11 is 0. The van der Waals surface area contributed by atoms with E-state index in [4.69, 9.17) is 9.26 Å². The lowest BCUT2D eigenvalue weighted by Crippen LogP contribution is -2.23. The number of rotatable bonds is 3. The lowest BCUT2D eigenvalue weighted by Gasteiger charge is -2.10. The molecule has 0 saturated heterocycles. The molecule has 0 aromatic carbocycles. The highest BCUT2D eigenvalue weighted by Crippen LogP contribution is 2.18. The van der Waals surface area contributed by atoms with Crippen LogP contribution in [0.2, 0.25) is 0 Å². The second-order valence-electron chi connectivity index (χ2n) is 3.09. The van der Waals surface area contributed by atoms with Crippen LogP contribution >= 0.6 is 0 Å². The molecule has 0 aliphatic carbocycles. The van der Waals surface area contributed by atoms with Gasteiger partial charge < -0.3 is 14.6 Å². The molecule has 72 valence electrons. The van der Waals surface area contributed by atoms with Crippen LogP contribution in [0.3, 0.4) is 0 Å². The van der Waals surface area contributed by atoms with Crippen LogP contribution in [0.15, 0.2) is 4.52 Å². The van der Waals surface area contributed by atoms with Crippen molar-refractivity contribution < 1.29 is 9.26 Å². The van der Waals surface area contributed by atoms with Gasteiger partial charge in [-0.3, -0.25) is 0 Å². The summed E-state index contributed by atoms with van der Waals surface area (Å²) in [5.41, 5.74) is 2.14. The minimum atomic E-state index is 0.566. The molecule has 13 heavy (non-hydrogen) atoms. The van der Waals surface area contributed by atoms with Gasteiger partial charge >= 0.3 is 0 Å². The third kappa shape index (κ3) is 1.73. The number of hydrogen-bond acceptors (Lipinski definition) is 4. The fraction of sp³-hybridized carbons (Fsp3) is 0.667. The van der Waals surface area contributed by atoms with Crippen LogP contribution in [0.4, 0.5) is 0 Å². The molecule has 1 aromatic heterocycles. The molecular weight excluding hydrogens is 168 g/mol. The van der Waals surface area contributed by atoms with E-state index in [9.17, 15) is 0 Å². The molecule has 1 aliphatic rings. The summed E-state index contributed by atoms with van der Waals surface area (Å²) in [4.78, 5) is 0. The van der Waals surface area contributed by atoms with Crippen LogP contribution in [-0.4, -0.2) is 18.3 Å². The van der Waals surface area contributed by atoms with Crippen molar-refractivity contribution in [2.75, 3.05) is 13.2 Å². The minimum absolute atomic E-state index is 0.566. The summed E-state index contributed by atoms with van der Waals surface area (Å²) in [5.74, 6) is 1.02. The maximum Gasteiger partial charge on any atom is 0.142 e. The van der Waals surface area contributed by atoms with Crippen molar-refractivity contribution in [1.29, 1.82) is 0 Å². The Kier molecular flexibility index (Phi) is 2.61. The highest BCUT2D eigenvalue weighted by Gasteiger charge is 2.18. The number of nitrogens with zero attached hydrogens (tertiary/aromatic N) is 1. The number of ether oxygens (including phenoxy) is 1. The van der Waals surface area contributed by atoms with Crippen molar-refractivity contribution in [1.82, 2.24) is 10.5 Å². The van der Waals surface area contributed by atoms with E-state index in [-0.39, 0.29) is 0 Å². The molecule has 2 heterocycles. The first kappa shape index (κ1) is 8.72.